The maximum Gasteiger partial charge on any atom is 0.227 e. The lowest BCUT2D eigenvalue weighted by Gasteiger charge is -2.00. The normalized spacial score (nSPS) is 10.7. The van der Waals surface area contributed by atoms with Crippen LogP contribution in [0.5, 0.6) is 0 Å². The van der Waals surface area contributed by atoms with E-state index < -0.39 is 0 Å². The lowest BCUT2D eigenvalue weighted by Crippen LogP contribution is -2.37. The third-order valence-electron chi connectivity index (χ3n) is 3.22. The number of nitrogens with zero attached hydrogens (tertiary/aromatic N) is 1. The molecule has 2 nitrogen and oxygen atoms in total. The summed E-state index contributed by atoms with van der Waals surface area (Å²) in [5, 5.41) is 1.74. The van der Waals surface area contributed by atoms with Crippen LogP contribution >= 0.6 is 0 Å². The summed E-state index contributed by atoms with van der Waals surface area (Å²) in [6.45, 7) is 0.246. The lowest BCUT2D eigenvalue weighted by molar-refractivity contribution is -0.681. The van der Waals surface area contributed by atoms with Gasteiger partial charge >= 0.3 is 0 Å². The van der Waals surface area contributed by atoms with Crippen LogP contribution in [0.1, 0.15) is 10.4 Å². The van der Waals surface area contributed by atoms with Gasteiger partial charge in [0.1, 0.15) is 5.82 Å². The van der Waals surface area contributed by atoms with Crippen LogP contribution in [0.25, 0.3) is 10.8 Å². The van der Waals surface area contributed by atoms with Crippen molar-refractivity contribution >= 4 is 16.6 Å². The highest BCUT2D eigenvalue weighted by molar-refractivity contribution is 5.95. The fourth-order valence-corrected chi connectivity index (χ4v) is 2.19. The molecule has 1 aromatic heterocycles. The van der Waals surface area contributed by atoms with Gasteiger partial charge in [-0.2, -0.15) is 4.57 Å². The average molecular weight is 266 g/mol. The number of aromatic nitrogens is 1. The van der Waals surface area contributed by atoms with Crippen molar-refractivity contribution in [1.82, 2.24) is 0 Å². The zero-order chi connectivity index (χ0) is 13.9. The Hall–Kier alpha value is -2.55. The fraction of sp³-hybridized carbons (Fsp3) is 0.0588. The van der Waals surface area contributed by atoms with E-state index in [9.17, 15) is 9.18 Å². The van der Waals surface area contributed by atoms with Crippen LogP contribution in [0.15, 0.2) is 67.0 Å². The van der Waals surface area contributed by atoms with E-state index in [2.05, 4.69) is 0 Å². The number of carbonyl (C=O) groups is 1. The number of halogens is 1. The summed E-state index contributed by atoms with van der Waals surface area (Å²) < 4.78 is 15.0. The van der Waals surface area contributed by atoms with E-state index in [1.165, 1.54) is 12.1 Å². The minimum absolute atomic E-state index is 0.0337. The third-order valence-corrected chi connectivity index (χ3v) is 3.22. The van der Waals surface area contributed by atoms with E-state index in [1.807, 2.05) is 30.5 Å². The van der Waals surface area contributed by atoms with Gasteiger partial charge in [0.05, 0.1) is 0 Å². The molecule has 0 aliphatic heterocycles. The highest BCUT2D eigenvalue weighted by Crippen LogP contribution is 2.12. The van der Waals surface area contributed by atoms with Crippen molar-refractivity contribution in [2.45, 2.75) is 6.54 Å². The lowest BCUT2D eigenvalue weighted by atomic mass is 10.1. The molecular weight excluding hydrogens is 253 g/mol. The molecule has 1 heterocycles. The van der Waals surface area contributed by atoms with Gasteiger partial charge in [0.2, 0.25) is 12.3 Å². The number of Topliss-reactive ketones (excluding diaryl/α,β-unsaturated/α-hetero) is 1. The summed E-state index contributed by atoms with van der Waals surface area (Å²) in [4.78, 5) is 12.1. The highest BCUT2D eigenvalue weighted by atomic mass is 19.1. The topological polar surface area (TPSA) is 20.9 Å². The Bertz CT molecular complexity index is 768. The van der Waals surface area contributed by atoms with Crippen molar-refractivity contribution in [1.29, 1.82) is 0 Å². The van der Waals surface area contributed by atoms with E-state index in [0.717, 1.165) is 10.8 Å². The second-order valence-electron chi connectivity index (χ2n) is 4.68. The number of fused-ring (bicyclic) bond motifs is 1. The first-order valence-electron chi connectivity index (χ1n) is 6.39. The second kappa shape index (κ2) is 5.21. The number of hydrogen-bond donors (Lipinski definition) is 0. The zero-order valence-electron chi connectivity index (χ0n) is 10.8. The van der Waals surface area contributed by atoms with E-state index in [0.29, 0.717) is 5.56 Å². The number of rotatable bonds is 3. The van der Waals surface area contributed by atoms with Gasteiger partial charge in [0.15, 0.2) is 12.4 Å². The first-order chi connectivity index (χ1) is 9.72. The molecule has 3 rings (SSSR count). The van der Waals surface area contributed by atoms with E-state index in [-0.39, 0.29) is 18.1 Å². The van der Waals surface area contributed by atoms with Gasteiger partial charge in [-0.05, 0) is 17.5 Å². The van der Waals surface area contributed by atoms with Crippen molar-refractivity contribution in [2.24, 2.45) is 0 Å². The van der Waals surface area contributed by atoms with Crippen molar-refractivity contribution in [2.75, 3.05) is 0 Å². The number of carbonyl (C=O) groups excluding carboxylic acids is 1. The van der Waals surface area contributed by atoms with Crippen LogP contribution in [-0.2, 0) is 6.54 Å². The molecule has 3 aromatic rings. The van der Waals surface area contributed by atoms with Crippen LogP contribution in [0, 0.1) is 5.82 Å². The SMILES string of the molecule is O=C(C[n+]1ccc2ccc(F)cc2c1)c1ccccc1. The first-order valence-corrected chi connectivity index (χ1v) is 6.39. The van der Waals surface area contributed by atoms with E-state index >= 15 is 0 Å². The molecule has 0 fully saturated rings. The molecular formula is C17H13FNO+. The summed E-state index contributed by atoms with van der Waals surface area (Å²) >= 11 is 0. The Balaban J connectivity index is 1.89. The maximum absolute atomic E-state index is 13.2. The van der Waals surface area contributed by atoms with Crippen molar-refractivity contribution in [3.63, 3.8) is 0 Å². The fourth-order valence-electron chi connectivity index (χ4n) is 2.19. The highest BCUT2D eigenvalue weighted by Gasteiger charge is 2.12. The quantitative estimate of drug-likeness (QED) is 0.527. The van der Waals surface area contributed by atoms with Crippen LogP contribution in [0.2, 0.25) is 0 Å². The Morgan fingerprint density at radius 2 is 1.80 bits per heavy atom. The molecule has 0 bridgehead atoms. The van der Waals surface area contributed by atoms with E-state index in [1.54, 1.807) is 29.0 Å². The number of ketones is 1. The predicted molar refractivity (Wildman–Crippen MR) is 74.9 cm³/mol. The van der Waals surface area contributed by atoms with Gasteiger partial charge in [0.25, 0.3) is 0 Å². The molecule has 98 valence electrons. The Morgan fingerprint density at radius 3 is 2.60 bits per heavy atom. The molecule has 20 heavy (non-hydrogen) atoms. The number of benzene rings is 2. The Labute approximate surface area is 116 Å². The monoisotopic (exact) mass is 266 g/mol. The van der Waals surface area contributed by atoms with Gasteiger partial charge in [-0.3, -0.25) is 4.79 Å². The summed E-state index contributed by atoms with van der Waals surface area (Å²) in [5.41, 5.74) is 0.680. The van der Waals surface area contributed by atoms with Gasteiger partial charge in [-0.25, -0.2) is 4.39 Å². The Morgan fingerprint density at radius 1 is 1.00 bits per heavy atom. The van der Waals surface area contributed by atoms with Gasteiger partial charge in [-0.15, -0.1) is 0 Å². The molecule has 0 aliphatic carbocycles. The molecule has 0 unspecified atom stereocenters. The number of pyridine rings is 1. The van der Waals surface area contributed by atoms with Crippen molar-refractivity contribution < 1.29 is 13.8 Å². The molecule has 0 saturated heterocycles. The Kier molecular flexibility index (Phi) is 3.25. The second-order valence-corrected chi connectivity index (χ2v) is 4.68. The summed E-state index contributed by atoms with van der Waals surface area (Å²) in [7, 11) is 0. The largest absolute Gasteiger partial charge is 0.287 e. The van der Waals surface area contributed by atoms with Gasteiger partial charge in [0, 0.05) is 17.0 Å². The molecule has 2 aromatic carbocycles. The predicted octanol–water partition coefficient (Wildman–Crippen LogP) is 3.15. The number of hydrogen-bond acceptors (Lipinski definition) is 1. The molecule has 3 heteroatoms. The van der Waals surface area contributed by atoms with Crippen molar-refractivity contribution in [3.8, 4) is 0 Å². The molecule has 0 atom stereocenters. The summed E-state index contributed by atoms with van der Waals surface area (Å²) in [5.74, 6) is -0.240. The smallest absolute Gasteiger partial charge is 0.227 e. The standard InChI is InChI=1S/C17H13FNO/c18-16-7-6-13-8-9-19(11-15(13)10-16)12-17(20)14-4-2-1-3-5-14/h1-11H,12H2/q+1. The summed E-state index contributed by atoms with van der Waals surface area (Å²) in [6, 6.07) is 15.7. The van der Waals surface area contributed by atoms with Crippen LogP contribution < -0.4 is 4.57 Å². The first kappa shape index (κ1) is 12.5. The van der Waals surface area contributed by atoms with Crippen LogP contribution in [-0.4, -0.2) is 5.78 Å². The minimum atomic E-state index is -0.273. The van der Waals surface area contributed by atoms with Crippen LogP contribution in [0.4, 0.5) is 4.39 Å². The van der Waals surface area contributed by atoms with Gasteiger partial charge in [-0.1, -0.05) is 36.4 Å². The van der Waals surface area contributed by atoms with Gasteiger partial charge < -0.3 is 0 Å². The molecule has 0 aliphatic rings. The van der Waals surface area contributed by atoms with E-state index in [4.69, 9.17) is 0 Å². The average Bonchev–Trinajstić information content (AvgIpc) is 2.47. The van der Waals surface area contributed by atoms with Crippen molar-refractivity contribution in [3.05, 3.63) is 78.4 Å². The minimum Gasteiger partial charge on any atom is -0.287 e. The maximum atomic E-state index is 13.2. The molecule has 0 radical (unpaired) electrons. The third kappa shape index (κ3) is 2.57. The molecule has 0 N–H and O–H groups in total. The zero-order valence-corrected chi connectivity index (χ0v) is 10.8. The summed E-state index contributed by atoms with van der Waals surface area (Å²) in [6.07, 6.45) is 3.63. The van der Waals surface area contributed by atoms with Crippen LogP contribution in [0.3, 0.4) is 0 Å². The molecule has 0 saturated carbocycles. The molecule has 0 spiro atoms. The molecule has 0 amide bonds.